The molecule has 108 heavy (non-hydrogen) atoms. The molecule has 5 N–H and O–H groups in total. The highest BCUT2D eigenvalue weighted by molar-refractivity contribution is 6.07. The summed E-state index contributed by atoms with van der Waals surface area (Å²) >= 11 is 0. The highest BCUT2D eigenvalue weighted by Crippen LogP contribution is 2.27. The van der Waals surface area contributed by atoms with E-state index >= 15 is 0 Å². The fourth-order valence-corrected chi connectivity index (χ4v) is 10.4. The summed E-state index contributed by atoms with van der Waals surface area (Å²) in [6.45, 7) is 17.3. The van der Waals surface area contributed by atoms with Crippen molar-refractivity contribution in [3.8, 4) is 0 Å². The molecule has 564 valence electrons. The number of aliphatic hydroxyl groups is 5. The molecule has 23 heteroatoms. The molecule has 8 aromatic carbocycles. The van der Waals surface area contributed by atoms with Crippen LogP contribution in [-0.4, -0.2) is 124 Å². The Bertz CT molecular complexity index is 4530. The van der Waals surface area contributed by atoms with Crippen LogP contribution in [-0.2, 0) is 68.1 Å². The maximum atomic E-state index is 13.5. The van der Waals surface area contributed by atoms with Gasteiger partial charge < -0.3 is 54.0 Å². The van der Waals surface area contributed by atoms with Gasteiger partial charge in [-0.25, -0.2) is 28.8 Å². The van der Waals surface area contributed by atoms with Gasteiger partial charge in [0.15, 0.2) is 34.7 Å². The average molecular weight is 1480 g/mol. The quantitative estimate of drug-likeness (QED) is 0.0165. The monoisotopic (exact) mass is 1470 g/mol. The molecule has 0 radical (unpaired) electrons. The molecule has 0 saturated carbocycles. The van der Waals surface area contributed by atoms with Crippen LogP contribution < -0.4 is 0 Å². The van der Waals surface area contributed by atoms with Gasteiger partial charge in [-0.15, -0.1) is 0 Å². The van der Waals surface area contributed by atoms with Crippen LogP contribution in [0.4, 0.5) is 0 Å². The zero-order chi connectivity index (χ0) is 80.0. The van der Waals surface area contributed by atoms with E-state index < -0.39 is 98.2 Å². The van der Waals surface area contributed by atoms with Crippen LogP contribution in [0.1, 0.15) is 248 Å². The molecule has 0 atom stereocenters. The van der Waals surface area contributed by atoms with Crippen LogP contribution in [0, 0.1) is 5.41 Å². The Kier molecular flexibility index (Phi) is 26.9. The standard InChI is InChI=1S/C43H44O11.C42H42O12/c1-41(2,3)35(44)29-14-8-11-26(17-29)23-52-38(47)32-20-33(39(48)53-24-27-12-9-15-30(18-27)36(45)42(4,5)50)22-34(21-32)40(49)54-25-28-13-10-16-31(19-28)37(46)43(6,7)51;1-40(2,49)34(43)28-13-7-10-25(18-28)22-52-37(46)31-16-17-32(38(47)53-23-26-11-8-14-29(19-26)35(44)41(3,4)50)33(21-31)39(48)54-24-27-12-9-15-30(20-27)36(45)42(5,6)51/h8-22,50-51H,23-25H2,1-7H3;7-21,49-51H,22-24H2,1-6H3. The summed E-state index contributed by atoms with van der Waals surface area (Å²) in [5.74, 6) is -8.22. The molecule has 0 aliphatic heterocycles. The second kappa shape index (κ2) is 34.8. The molecule has 0 saturated heterocycles. The van der Waals surface area contributed by atoms with Gasteiger partial charge in [0.1, 0.15) is 67.6 Å². The van der Waals surface area contributed by atoms with E-state index in [1.54, 1.807) is 106 Å². The molecule has 23 nitrogen and oxygen atoms in total. The van der Waals surface area contributed by atoms with Crippen molar-refractivity contribution in [2.24, 2.45) is 5.41 Å². The number of Topliss-reactive ketones (excluding diaryl/α,β-unsaturated/α-hetero) is 6. The smallest absolute Gasteiger partial charge is 0.339 e. The van der Waals surface area contributed by atoms with Crippen molar-refractivity contribution in [1.82, 2.24) is 0 Å². The van der Waals surface area contributed by atoms with Crippen molar-refractivity contribution in [3.63, 3.8) is 0 Å². The summed E-state index contributed by atoms with van der Waals surface area (Å²) in [7, 11) is 0. The molecule has 0 aliphatic carbocycles. The van der Waals surface area contributed by atoms with Gasteiger partial charge in [0.05, 0.1) is 33.4 Å². The Hall–Kier alpha value is -11.6. The van der Waals surface area contributed by atoms with E-state index in [1.807, 2.05) is 0 Å². The number of ether oxygens (including phenoxy) is 6. The first kappa shape index (κ1) is 83.7. The van der Waals surface area contributed by atoms with Crippen LogP contribution in [0.25, 0.3) is 0 Å². The Morgan fingerprint density at radius 1 is 0.222 bits per heavy atom. The summed E-state index contributed by atoms with van der Waals surface area (Å²) in [6, 6.07) is 44.8. The predicted octanol–water partition coefficient (Wildman–Crippen LogP) is 12.5. The fourth-order valence-electron chi connectivity index (χ4n) is 10.4. The highest BCUT2D eigenvalue weighted by Gasteiger charge is 2.32. The first-order chi connectivity index (χ1) is 50.3. The highest BCUT2D eigenvalue weighted by atomic mass is 16.6. The minimum atomic E-state index is -1.64. The van der Waals surface area contributed by atoms with Crippen molar-refractivity contribution in [2.45, 2.75) is 158 Å². The van der Waals surface area contributed by atoms with Crippen LogP contribution >= 0.6 is 0 Å². The Labute approximate surface area is 624 Å². The number of ketones is 6. The second-order valence-electron chi connectivity index (χ2n) is 29.2. The number of rotatable bonds is 29. The lowest BCUT2D eigenvalue weighted by Crippen LogP contribution is -2.31. The number of hydrogen-bond donors (Lipinski definition) is 5. The lowest BCUT2D eigenvalue weighted by atomic mass is 9.86. The Morgan fingerprint density at radius 3 is 0.648 bits per heavy atom. The maximum Gasteiger partial charge on any atom is 0.339 e. The van der Waals surface area contributed by atoms with Gasteiger partial charge in [-0.1, -0.05) is 130 Å². The predicted molar refractivity (Wildman–Crippen MR) is 393 cm³/mol. The van der Waals surface area contributed by atoms with Gasteiger partial charge in [0.25, 0.3) is 0 Å². The van der Waals surface area contributed by atoms with Gasteiger partial charge in [0.2, 0.25) is 0 Å². The molecule has 0 spiro atoms. The van der Waals surface area contributed by atoms with E-state index in [0.717, 1.165) is 6.07 Å². The van der Waals surface area contributed by atoms with E-state index in [9.17, 15) is 83.1 Å². The summed E-state index contributed by atoms with van der Waals surface area (Å²) in [6.07, 6.45) is 0. The van der Waals surface area contributed by atoms with Crippen molar-refractivity contribution >= 4 is 70.5 Å². The van der Waals surface area contributed by atoms with E-state index in [2.05, 4.69) is 0 Å². The lowest BCUT2D eigenvalue weighted by molar-refractivity contribution is 0.0421. The molecule has 8 rings (SSSR count). The minimum absolute atomic E-state index is 0.0869. The van der Waals surface area contributed by atoms with Crippen LogP contribution in [0.15, 0.2) is 182 Å². The van der Waals surface area contributed by atoms with Crippen molar-refractivity contribution in [3.05, 3.63) is 282 Å². The molecule has 0 aromatic heterocycles. The Balaban J connectivity index is 0.000000301. The third-order valence-electron chi connectivity index (χ3n) is 16.1. The van der Waals surface area contributed by atoms with Crippen LogP contribution in [0.5, 0.6) is 0 Å². The largest absolute Gasteiger partial charge is 0.457 e. The SMILES string of the molecule is CC(C)(C)C(=O)c1cccc(COC(=O)c2cc(C(=O)OCc3cccc(C(=O)C(C)(C)O)c3)cc(C(=O)OCc3cccc(C(=O)C(C)(C)O)c3)c2)c1.CC(C)(O)C(=O)c1cccc(COC(=O)c2ccc(C(=O)OCc3cccc(C(=O)C(C)(C)O)c3)c(C(=O)OCc3cccc(C(=O)C(C)(C)O)c3)c2)c1. The number of hydrogen-bond acceptors (Lipinski definition) is 23. The van der Waals surface area contributed by atoms with Gasteiger partial charge in [-0.3, -0.25) is 28.8 Å². The zero-order valence-electron chi connectivity index (χ0n) is 62.1. The van der Waals surface area contributed by atoms with Crippen molar-refractivity contribution < 1.29 is 111 Å². The Morgan fingerprint density at radius 2 is 0.426 bits per heavy atom. The van der Waals surface area contributed by atoms with Gasteiger partial charge in [0, 0.05) is 38.8 Å². The van der Waals surface area contributed by atoms with Crippen LogP contribution in [0.3, 0.4) is 0 Å². The minimum Gasteiger partial charge on any atom is -0.457 e. The molecular weight excluding hydrogens is 1390 g/mol. The average Bonchev–Trinajstić information content (AvgIpc) is 0.820. The number of carbonyl (C=O) groups excluding carboxylic acids is 12. The molecule has 0 heterocycles. The normalized spacial score (nSPS) is 11.7. The summed E-state index contributed by atoms with van der Waals surface area (Å²) in [5.41, 5.74) is -5.68. The lowest BCUT2D eigenvalue weighted by Gasteiger charge is -2.17. The maximum absolute atomic E-state index is 13.5. The topological polar surface area (TPSA) is 361 Å². The first-order valence-electron chi connectivity index (χ1n) is 34.0. The zero-order valence-corrected chi connectivity index (χ0v) is 62.1. The van der Waals surface area contributed by atoms with Gasteiger partial charge in [-0.2, -0.15) is 0 Å². The third-order valence-corrected chi connectivity index (χ3v) is 16.1. The number of esters is 6. The fraction of sp³-hybridized carbons (Fsp3) is 0.294. The molecule has 0 bridgehead atoms. The van der Waals surface area contributed by atoms with Crippen molar-refractivity contribution in [2.75, 3.05) is 0 Å². The summed E-state index contributed by atoms with van der Waals surface area (Å²) in [4.78, 5) is 156. The molecule has 0 unspecified atom stereocenters. The van der Waals surface area contributed by atoms with E-state index in [1.165, 1.54) is 160 Å². The van der Waals surface area contributed by atoms with E-state index in [-0.39, 0.29) is 107 Å². The summed E-state index contributed by atoms with van der Waals surface area (Å²) in [5, 5.41) is 50.6. The molecule has 0 amide bonds. The van der Waals surface area contributed by atoms with Gasteiger partial charge >= 0.3 is 35.8 Å². The number of carbonyl (C=O) groups is 12. The van der Waals surface area contributed by atoms with Gasteiger partial charge in [-0.05, 0) is 175 Å². The molecule has 8 aromatic rings. The van der Waals surface area contributed by atoms with Crippen LogP contribution in [0.2, 0.25) is 0 Å². The molecular formula is C85H86O23. The third kappa shape index (κ3) is 23.4. The molecule has 0 aliphatic rings. The first-order valence-corrected chi connectivity index (χ1v) is 34.0. The van der Waals surface area contributed by atoms with Crippen molar-refractivity contribution in [1.29, 1.82) is 0 Å². The van der Waals surface area contributed by atoms with E-state index in [4.69, 9.17) is 28.4 Å². The second-order valence-corrected chi connectivity index (χ2v) is 29.2. The molecule has 0 fully saturated rings. The number of benzene rings is 8. The summed E-state index contributed by atoms with van der Waals surface area (Å²) < 4.78 is 32.9. The van der Waals surface area contributed by atoms with E-state index in [0.29, 0.717) is 38.9 Å².